The van der Waals surface area contributed by atoms with Gasteiger partial charge in [0.05, 0.1) is 5.56 Å². The summed E-state index contributed by atoms with van der Waals surface area (Å²) >= 11 is 6.98. The highest BCUT2D eigenvalue weighted by Crippen LogP contribution is 2.32. The molecule has 23 heavy (non-hydrogen) atoms. The molecule has 0 unspecified atom stereocenters. The molecule has 0 spiro atoms. The highest BCUT2D eigenvalue weighted by molar-refractivity contribution is 7.09. The molecule has 0 fully saturated rings. The van der Waals surface area contributed by atoms with Gasteiger partial charge in [0.25, 0.3) is 0 Å². The zero-order valence-electron chi connectivity index (χ0n) is 11.4. The Bertz CT molecular complexity index is 833. The van der Waals surface area contributed by atoms with Gasteiger partial charge in [0.1, 0.15) is 0 Å². The average Bonchev–Trinajstić information content (AvgIpc) is 2.95. The minimum absolute atomic E-state index is 0.300. The van der Waals surface area contributed by atoms with E-state index in [1.807, 2.05) is 6.07 Å². The molecule has 0 saturated heterocycles. The van der Waals surface area contributed by atoms with Gasteiger partial charge in [-0.15, -0.1) is 0 Å². The Balaban J connectivity index is 1.82. The van der Waals surface area contributed by atoms with Gasteiger partial charge >= 0.3 is 6.18 Å². The Morgan fingerprint density at radius 1 is 1.04 bits per heavy atom. The van der Waals surface area contributed by atoms with E-state index in [1.54, 1.807) is 18.2 Å². The molecular formula is C15H9ClF3N3S. The minimum Gasteiger partial charge on any atom is -0.330 e. The summed E-state index contributed by atoms with van der Waals surface area (Å²) in [7, 11) is 0. The number of aromatic nitrogens is 2. The quantitative estimate of drug-likeness (QED) is 0.662. The molecule has 0 atom stereocenters. The summed E-state index contributed by atoms with van der Waals surface area (Å²) in [4.78, 5) is 4.27. The summed E-state index contributed by atoms with van der Waals surface area (Å²) in [6, 6.07) is 12.0. The van der Waals surface area contributed by atoms with Crippen LogP contribution in [0.15, 0.2) is 48.5 Å². The molecule has 0 amide bonds. The van der Waals surface area contributed by atoms with Crippen LogP contribution in [0.1, 0.15) is 5.56 Å². The zero-order valence-corrected chi connectivity index (χ0v) is 13.0. The summed E-state index contributed by atoms with van der Waals surface area (Å²) in [5.74, 6) is 0.465. The molecule has 3 rings (SSSR count). The number of halogens is 4. The van der Waals surface area contributed by atoms with E-state index in [2.05, 4.69) is 14.7 Å². The van der Waals surface area contributed by atoms with Crippen molar-refractivity contribution in [2.45, 2.75) is 6.18 Å². The summed E-state index contributed by atoms with van der Waals surface area (Å²) < 4.78 is 42.3. The van der Waals surface area contributed by atoms with E-state index < -0.39 is 11.7 Å². The third-order valence-corrected chi connectivity index (χ3v) is 3.82. The molecule has 0 bridgehead atoms. The second-order valence-electron chi connectivity index (χ2n) is 4.64. The second-order valence-corrected chi connectivity index (χ2v) is 5.83. The standard InChI is InChI=1S/C15H9ClF3N3S/c16-11-5-1-3-9(7-11)13-21-14(23-22-13)20-12-6-2-4-10(8-12)15(17,18)19/h1-8H,(H,20,21,22). The molecule has 0 aliphatic heterocycles. The molecule has 0 aliphatic carbocycles. The molecule has 3 aromatic rings. The van der Waals surface area contributed by atoms with Gasteiger partial charge in [-0.2, -0.15) is 22.5 Å². The number of hydrogen-bond acceptors (Lipinski definition) is 4. The molecule has 2 aromatic carbocycles. The van der Waals surface area contributed by atoms with Gasteiger partial charge in [-0.1, -0.05) is 29.8 Å². The Morgan fingerprint density at radius 2 is 1.83 bits per heavy atom. The van der Waals surface area contributed by atoms with Gasteiger partial charge in [0, 0.05) is 27.8 Å². The van der Waals surface area contributed by atoms with Crippen LogP contribution in [0.2, 0.25) is 5.02 Å². The van der Waals surface area contributed by atoms with Crippen LogP contribution in [-0.2, 0) is 6.18 Å². The van der Waals surface area contributed by atoms with Gasteiger partial charge in [-0.05, 0) is 30.3 Å². The van der Waals surface area contributed by atoms with Crippen molar-refractivity contribution in [1.29, 1.82) is 0 Å². The van der Waals surface area contributed by atoms with Crippen molar-refractivity contribution < 1.29 is 13.2 Å². The fourth-order valence-electron chi connectivity index (χ4n) is 1.92. The molecule has 8 heteroatoms. The molecule has 0 radical (unpaired) electrons. The first-order chi connectivity index (χ1) is 10.9. The summed E-state index contributed by atoms with van der Waals surface area (Å²) in [5.41, 5.74) is 0.321. The number of alkyl halides is 3. The van der Waals surface area contributed by atoms with Gasteiger partial charge in [0.2, 0.25) is 5.13 Å². The lowest BCUT2D eigenvalue weighted by Gasteiger charge is -2.08. The minimum atomic E-state index is -4.38. The molecule has 0 saturated carbocycles. The Morgan fingerprint density at radius 3 is 2.57 bits per heavy atom. The van der Waals surface area contributed by atoms with Crippen molar-refractivity contribution >= 4 is 34.0 Å². The zero-order chi connectivity index (χ0) is 16.4. The highest BCUT2D eigenvalue weighted by Gasteiger charge is 2.30. The Hall–Kier alpha value is -2.12. The molecular weight excluding hydrogens is 347 g/mol. The van der Waals surface area contributed by atoms with Crippen LogP contribution in [0.25, 0.3) is 11.4 Å². The topological polar surface area (TPSA) is 37.8 Å². The van der Waals surface area contributed by atoms with E-state index in [9.17, 15) is 13.2 Å². The predicted molar refractivity (Wildman–Crippen MR) is 85.1 cm³/mol. The highest BCUT2D eigenvalue weighted by atomic mass is 35.5. The monoisotopic (exact) mass is 355 g/mol. The normalized spacial score (nSPS) is 11.5. The van der Waals surface area contributed by atoms with E-state index in [-0.39, 0.29) is 0 Å². The van der Waals surface area contributed by atoms with Crippen molar-refractivity contribution in [3.05, 3.63) is 59.1 Å². The summed E-state index contributed by atoms with van der Waals surface area (Å²) in [5, 5.41) is 3.80. The maximum atomic E-state index is 12.7. The van der Waals surface area contributed by atoms with E-state index in [0.29, 0.717) is 21.7 Å². The lowest BCUT2D eigenvalue weighted by atomic mass is 10.2. The molecule has 118 valence electrons. The predicted octanol–water partition coefficient (Wildman–Crippen LogP) is 5.62. The molecule has 1 N–H and O–H groups in total. The van der Waals surface area contributed by atoms with Gasteiger partial charge < -0.3 is 5.32 Å². The maximum absolute atomic E-state index is 12.7. The second kappa shape index (κ2) is 6.17. The van der Waals surface area contributed by atoms with Crippen LogP contribution < -0.4 is 5.32 Å². The van der Waals surface area contributed by atoms with E-state index in [4.69, 9.17) is 11.6 Å². The van der Waals surface area contributed by atoms with Gasteiger partial charge in [-0.3, -0.25) is 0 Å². The van der Waals surface area contributed by atoms with Crippen molar-refractivity contribution in [2.75, 3.05) is 5.32 Å². The van der Waals surface area contributed by atoms with Gasteiger partial charge in [-0.25, -0.2) is 0 Å². The fraction of sp³-hybridized carbons (Fsp3) is 0.0667. The first-order valence-electron chi connectivity index (χ1n) is 6.46. The van der Waals surface area contributed by atoms with Crippen molar-refractivity contribution in [3.8, 4) is 11.4 Å². The number of anilines is 2. The van der Waals surface area contributed by atoms with Gasteiger partial charge in [0.15, 0.2) is 5.82 Å². The lowest BCUT2D eigenvalue weighted by molar-refractivity contribution is -0.137. The molecule has 1 heterocycles. The van der Waals surface area contributed by atoms with E-state index >= 15 is 0 Å². The smallest absolute Gasteiger partial charge is 0.330 e. The van der Waals surface area contributed by atoms with E-state index in [1.165, 1.54) is 12.1 Å². The fourth-order valence-corrected chi connectivity index (χ4v) is 2.72. The average molecular weight is 356 g/mol. The number of rotatable bonds is 3. The van der Waals surface area contributed by atoms with Crippen LogP contribution in [0.3, 0.4) is 0 Å². The number of nitrogens with zero attached hydrogens (tertiary/aromatic N) is 2. The van der Waals surface area contributed by atoms with Crippen LogP contribution in [0, 0.1) is 0 Å². The SMILES string of the molecule is FC(F)(F)c1cccc(Nc2nc(-c3cccc(Cl)c3)ns2)c1. The third-order valence-electron chi connectivity index (χ3n) is 2.95. The number of hydrogen-bond donors (Lipinski definition) is 1. The van der Waals surface area contributed by atoms with Crippen molar-refractivity contribution in [2.24, 2.45) is 0 Å². The lowest BCUT2D eigenvalue weighted by Crippen LogP contribution is -2.05. The van der Waals surface area contributed by atoms with Crippen molar-refractivity contribution in [1.82, 2.24) is 9.36 Å². The van der Waals surface area contributed by atoms with Crippen LogP contribution in [0.5, 0.6) is 0 Å². The number of nitrogens with one attached hydrogen (secondary N) is 1. The Kier molecular flexibility index (Phi) is 4.23. The first-order valence-corrected chi connectivity index (χ1v) is 7.61. The van der Waals surface area contributed by atoms with Crippen LogP contribution in [0.4, 0.5) is 24.0 Å². The first kappa shape index (κ1) is 15.8. The third kappa shape index (κ3) is 3.80. The Labute approximate surface area is 138 Å². The largest absolute Gasteiger partial charge is 0.416 e. The van der Waals surface area contributed by atoms with Crippen molar-refractivity contribution in [3.63, 3.8) is 0 Å². The maximum Gasteiger partial charge on any atom is 0.416 e. The number of benzene rings is 2. The summed E-state index contributed by atoms with van der Waals surface area (Å²) in [6.45, 7) is 0. The summed E-state index contributed by atoms with van der Waals surface area (Å²) in [6.07, 6.45) is -4.38. The molecule has 3 nitrogen and oxygen atoms in total. The van der Waals surface area contributed by atoms with Crippen LogP contribution in [-0.4, -0.2) is 9.36 Å². The molecule has 0 aliphatic rings. The molecule has 1 aromatic heterocycles. The van der Waals surface area contributed by atoms with Crippen LogP contribution >= 0.6 is 23.1 Å². The van der Waals surface area contributed by atoms with E-state index in [0.717, 1.165) is 29.2 Å².